The molecule has 1 aromatic carbocycles. The quantitative estimate of drug-likeness (QED) is 0.752. The highest BCUT2D eigenvalue weighted by atomic mass is 16.5. The zero-order chi connectivity index (χ0) is 15.1. The molecule has 0 N–H and O–H groups in total. The molecule has 1 fully saturated rings. The second-order valence-electron chi connectivity index (χ2n) is 7.06. The van der Waals surface area contributed by atoms with Crippen LogP contribution in [0.15, 0.2) is 35.9 Å². The predicted octanol–water partition coefficient (Wildman–Crippen LogP) is 4.29. The SMILES string of the molecule is CC1=C[C@H](C)[C@H]2CO[C@H](c3ccc(N(C)C)cc3)[C@@H]1[C@H]2C. The van der Waals surface area contributed by atoms with Crippen LogP contribution < -0.4 is 4.90 Å². The van der Waals surface area contributed by atoms with Crippen LogP contribution >= 0.6 is 0 Å². The highest BCUT2D eigenvalue weighted by Gasteiger charge is 2.43. The second-order valence-corrected chi connectivity index (χ2v) is 7.06. The van der Waals surface area contributed by atoms with Crippen LogP contribution in [0.3, 0.4) is 0 Å². The zero-order valence-corrected chi connectivity index (χ0v) is 13.8. The van der Waals surface area contributed by atoms with Crippen molar-refractivity contribution in [2.45, 2.75) is 26.9 Å². The second kappa shape index (κ2) is 5.49. The standard InChI is InChI=1S/C19H27NO/c1-12-10-13(2)18-14(3)17(12)11-21-19(18)15-6-8-16(9-7-15)20(4)5/h6-10,12,14,17-19H,11H2,1-5H3/t12-,14-,17+,18-,19+/m0/s1. The number of benzene rings is 1. The molecule has 2 nitrogen and oxygen atoms in total. The van der Waals surface area contributed by atoms with Crippen LogP contribution in [-0.2, 0) is 4.74 Å². The molecule has 2 heteroatoms. The lowest BCUT2D eigenvalue weighted by Gasteiger charge is -2.47. The largest absolute Gasteiger partial charge is 0.378 e. The number of fused-ring (bicyclic) bond motifs is 2. The number of hydrogen-bond acceptors (Lipinski definition) is 2. The number of hydrogen-bond donors (Lipinski definition) is 0. The highest BCUT2D eigenvalue weighted by Crippen LogP contribution is 2.49. The Kier molecular flexibility index (Phi) is 3.83. The highest BCUT2D eigenvalue weighted by molar-refractivity contribution is 5.46. The van der Waals surface area contributed by atoms with Gasteiger partial charge in [0.25, 0.3) is 0 Å². The van der Waals surface area contributed by atoms with E-state index in [1.807, 2.05) is 0 Å². The first-order chi connectivity index (χ1) is 9.99. The number of ether oxygens (including phenoxy) is 1. The van der Waals surface area contributed by atoms with Crippen molar-refractivity contribution in [1.29, 1.82) is 0 Å². The monoisotopic (exact) mass is 285 g/mol. The normalized spacial score (nSPS) is 35.3. The van der Waals surface area contributed by atoms with Gasteiger partial charge in [-0.2, -0.15) is 0 Å². The van der Waals surface area contributed by atoms with E-state index in [9.17, 15) is 0 Å². The first-order valence-electron chi connectivity index (χ1n) is 8.06. The van der Waals surface area contributed by atoms with Crippen molar-refractivity contribution in [2.24, 2.45) is 23.7 Å². The van der Waals surface area contributed by atoms with Crippen LogP contribution in [0.5, 0.6) is 0 Å². The van der Waals surface area contributed by atoms with E-state index >= 15 is 0 Å². The molecule has 1 aliphatic heterocycles. The molecule has 3 rings (SSSR count). The summed E-state index contributed by atoms with van der Waals surface area (Å²) in [5.41, 5.74) is 4.07. The van der Waals surface area contributed by atoms with E-state index in [0.717, 1.165) is 6.61 Å². The van der Waals surface area contributed by atoms with Crippen LogP contribution in [0.4, 0.5) is 5.69 Å². The van der Waals surface area contributed by atoms with Gasteiger partial charge in [0, 0.05) is 25.7 Å². The summed E-state index contributed by atoms with van der Waals surface area (Å²) < 4.78 is 6.29. The molecule has 1 saturated heterocycles. The lowest BCUT2D eigenvalue weighted by atomic mass is 9.64. The fraction of sp³-hybridized carbons (Fsp3) is 0.579. The van der Waals surface area contributed by atoms with Crippen molar-refractivity contribution in [2.75, 3.05) is 25.6 Å². The van der Waals surface area contributed by atoms with Gasteiger partial charge in [-0.15, -0.1) is 0 Å². The summed E-state index contributed by atoms with van der Waals surface area (Å²) in [6, 6.07) is 8.86. The minimum Gasteiger partial charge on any atom is -0.378 e. The average Bonchev–Trinajstić information content (AvgIpc) is 2.44. The van der Waals surface area contributed by atoms with Crippen LogP contribution in [0.25, 0.3) is 0 Å². The summed E-state index contributed by atoms with van der Waals surface area (Å²) in [4.78, 5) is 2.14. The molecular formula is C19H27NO. The smallest absolute Gasteiger partial charge is 0.0892 e. The molecule has 0 spiro atoms. The van der Waals surface area contributed by atoms with Crippen LogP contribution in [0.2, 0.25) is 0 Å². The maximum absolute atomic E-state index is 6.29. The van der Waals surface area contributed by atoms with E-state index in [0.29, 0.717) is 23.7 Å². The van der Waals surface area contributed by atoms with Gasteiger partial charge >= 0.3 is 0 Å². The molecule has 1 aliphatic carbocycles. The van der Waals surface area contributed by atoms with Crippen molar-refractivity contribution < 1.29 is 4.74 Å². The van der Waals surface area contributed by atoms with Crippen molar-refractivity contribution in [3.63, 3.8) is 0 Å². The third kappa shape index (κ3) is 2.50. The molecule has 114 valence electrons. The summed E-state index contributed by atoms with van der Waals surface area (Å²) in [5.74, 6) is 2.56. The van der Waals surface area contributed by atoms with Crippen LogP contribution in [0.1, 0.15) is 32.4 Å². The summed E-state index contributed by atoms with van der Waals surface area (Å²) in [6.07, 6.45) is 2.69. The Morgan fingerprint density at radius 2 is 1.76 bits per heavy atom. The minimum absolute atomic E-state index is 0.219. The minimum atomic E-state index is 0.219. The Morgan fingerprint density at radius 1 is 1.10 bits per heavy atom. The Balaban J connectivity index is 1.90. The van der Waals surface area contributed by atoms with E-state index < -0.39 is 0 Å². The van der Waals surface area contributed by atoms with E-state index in [1.54, 1.807) is 0 Å². The molecule has 2 aliphatic rings. The number of nitrogens with zero attached hydrogens (tertiary/aromatic N) is 1. The predicted molar refractivity (Wildman–Crippen MR) is 88.5 cm³/mol. The lowest BCUT2D eigenvalue weighted by Crippen LogP contribution is -2.42. The topological polar surface area (TPSA) is 12.5 Å². The van der Waals surface area contributed by atoms with Gasteiger partial charge in [-0.1, -0.05) is 37.6 Å². The fourth-order valence-electron chi connectivity index (χ4n) is 4.21. The summed E-state index contributed by atoms with van der Waals surface area (Å²) in [6.45, 7) is 7.91. The first kappa shape index (κ1) is 14.6. The van der Waals surface area contributed by atoms with Gasteiger partial charge in [0.15, 0.2) is 0 Å². The van der Waals surface area contributed by atoms with Crippen molar-refractivity contribution in [3.8, 4) is 0 Å². The maximum atomic E-state index is 6.29. The lowest BCUT2D eigenvalue weighted by molar-refractivity contribution is -0.0934. The van der Waals surface area contributed by atoms with Gasteiger partial charge in [-0.25, -0.2) is 0 Å². The molecule has 2 bridgehead atoms. The molecule has 1 aromatic rings. The molecule has 0 unspecified atom stereocenters. The molecule has 0 saturated carbocycles. The molecule has 5 atom stereocenters. The van der Waals surface area contributed by atoms with E-state index in [-0.39, 0.29) is 6.10 Å². The molecule has 1 heterocycles. The Hall–Kier alpha value is -1.28. The first-order valence-corrected chi connectivity index (χ1v) is 8.06. The van der Waals surface area contributed by atoms with Crippen molar-refractivity contribution in [3.05, 3.63) is 41.5 Å². The fourth-order valence-corrected chi connectivity index (χ4v) is 4.21. The molecule has 0 radical (unpaired) electrons. The molecular weight excluding hydrogens is 258 g/mol. The van der Waals surface area contributed by atoms with Crippen molar-refractivity contribution in [1.82, 2.24) is 0 Å². The van der Waals surface area contributed by atoms with E-state index in [2.05, 4.69) is 70.1 Å². The molecule has 0 aromatic heterocycles. The zero-order valence-electron chi connectivity index (χ0n) is 13.8. The van der Waals surface area contributed by atoms with Crippen LogP contribution in [-0.4, -0.2) is 20.7 Å². The van der Waals surface area contributed by atoms with Gasteiger partial charge in [0.05, 0.1) is 12.7 Å². The molecule has 21 heavy (non-hydrogen) atoms. The van der Waals surface area contributed by atoms with Gasteiger partial charge in [0.1, 0.15) is 0 Å². The van der Waals surface area contributed by atoms with Crippen LogP contribution in [0, 0.1) is 23.7 Å². The third-order valence-electron chi connectivity index (χ3n) is 5.50. The van der Waals surface area contributed by atoms with Gasteiger partial charge in [0.2, 0.25) is 0 Å². The Morgan fingerprint density at radius 3 is 2.38 bits per heavy atom. The average molecular weight is 285 g/mol. The van der Waals surface area contributed by atoms with Gasteiger partial charge < -0.3 is 9.64 Å². The third-order valence-corrected chi connectivity index (χ3v) is 5.50. The Labute approximate surface area is 128 Å². The van der Waals surface area contributed by atoms with E-state index in [4.69, 9.17) is 4.74 Å². The van der Waals surface area contributed by atoms with Gasteiger partial charge in [-0.05, 0) is 42.4 Å². The number of allylic oxidation sites excluding steroid dienone is 1. The number of anilines is 1. The summed E-state index contributed by atoms with van der Waals surface area (Å²) in [5, 5.41) is 0. The molecule has 0 amide bonds. The maximum Gasteiger partial charge on any atom is 0.0892 e. The number of rotatable bonds is 2. The summed E-state index contributed by atoms with van der Waals surface area (Å²) >= 11 is 0. The van der Waals surface area contributed by atoms with E-state index in [1.165, 1.54) is 16.8 Å². The Bertz CT molecular complexity index is 531. The summed E-state index contributed by atoms with van der Waals surface area (Å²) in [7, 11) is 4.16. The van der Waals surface area contributed by atoms with Crippen molar-refractivity contribution >= 4 is 5.69 Å². The van der Waals surface area contributed by atoms with Gasteiger partial charge in [-0.3, -0.25) is 0 Å².